The lowest BCUT2D eigenvalue weighted by Gasteiger charge is -2.23. The molecule has 0 aliphatic carbocycles. The molecule has 7 heteroatoms. The van der Waals surface area contributed by atoms with Crippen LogP contribution in [0.15, 0.2) is 60.9 Å². The van der Waals surface area contributed by atoms with E-state index in [1.165, 1.54) is 24.3 Å². The number of imidazole rings is 1. The minimum absolute atomic E-state index is 0.195. The zero-order chi connectivity index (χ0) is 19.9. The SMILES string of the molecule is COCCN(Cc1nccn1Cc1ccccc1F)C(=O)c1cccc(F)c1. The molecule has 0 N–H and O–H groups in total. The van der Waals surface area contributed by atoms with Gasteiger partial charge in [0.2, 0.25) is 0 Å². The van der Waals surface area contributed by atoms with Crippen LogP contribution in [0.1, 0.15) is 21.7 Å². The van der Waals surface area contributed by atoms with Crippen LogP contribution in [0.2, 0.25) is 0 Å². The molecule has 0 atom stereocenters. The highest BCUT2D eigenvalue weighted by Crippen LogP contribution is 2.14. The zero-order valence-corrected chi connectivity index (χ0v) is 15.5. The third-order valence-corrected chi connectivity index (χ3v) is 4.36. The van der Waals surface area contributed by atoms with Crippen molar-refractivity contribution in [3.8, 4) is 0 Å². The molecule has 0 bridgehead atoms. The quantitative estimate of drug-likeness (QED) is 0.596. The maximum absolute atomic E-state index is 14.0. The number of carbonyl (C=O) groups excluding carboxylic acids is 1. The Balaban J connectivity index is 1.81. The van der Waals surface area contributed by atoms with Gasteiger partial charge in [0.05, 0.1) is 19.7 Å². The summed E-state index contributed by atoms with van der Waals surface area (Å²) in [5, 5.41) is 0. The smallest absolute Gasteiger partial charge is 0.254 e. The maximum Gasteiger partial charge on any atom is 0.254 e. The molecule has 0 aliphatic rings. The number of hydrogen-bond donors (Lipinski definition) is 0. The standard InChI is InChI=1S/C21H21F2N3O2/c1-28-12-11-26(21(27)16-6-4-7-18(22)13-16)15-20-24-9-10-25(20)14-17-5-2-3-8-19(17)23/h2-10,13H,11-12,14-15H2,1H3. The fourth-order valence-electron chi connectivity index (χ4n) is 2.87. The molecule has 0 aliphatic heterocycles. The van der Waals surface area contributed by atoms with E-state index >= 15 is 0 Å². The van der Waals surface area contributed by atoms with Crippen LogP contribution in [0.25, 0.3) is 0 Å². The van der Waals surface area contributed by atoms with Crippen molar-refractivity contribution in [3.05, 3.63) is 89.5 Å². The number of methoxy groups -OCH3 is 1. The summed E-state index contributed by atoms with van der Waals surface area (Å²) in [6.45, 7) is 1.14. The fourth-order valence-corrected chi connectivity index (χ4v) is 2.87. The molecule has 5 nitrogen and oxygen atoms in total. The van der Waals surface area contributed by atoms with Gasteiger partial charge in [-0.3, -0.25) is 4.79 Å². The van der Waals surface area contributed by atoms with Crippen molar-refractivity contribution in [1.29, 1.82) is 0 Å². The molecule has 0 unspecified atom stereocenters. The Kier molecular flexibility index (Phi) is 6.49. The lowest BCUT2D eigenvalue weighted by atomic mass is 10.2. The largest absolute Gasteiger partial charge is 0.383 e. The van der Waals surface area contributed by atoms with Crippen LogP contribution in [0.5, 0.6) is 0 Å². The van der Waals surface area contributed by atoms with E-state index in [4.69, 9.17) is 4.74 Å². The maximum atomic E-state index is 14.0. The molecule has 146 valence electrons. The highest BCUT2D eigenvalue weighted by molar-refractivity contribution is 5.94. The Hall–Kier alpha value is -3.06. The van der Waals surface area contributed by atoms with E-state index in [1.807, 2.05) is 0 Å². The Labute approximate surface area is 162 Å². The van der Waals surface area contributed by atoms with Crippen LogP contribution in [-0.2, 0) is 17.8 Å². The summed E-state index contributed by atoms with van der Waals surface area (Å²) in [4.78, 5) is 18.7. The van der Waals surface area contributed by atoms with E-state index in [0.717, 1.165) is 0 Å². The predicted molar refractivity (Wildman–Crippen MR) is 101 cm³/mol. The number of carbonyl (C=O) groups is 1. The topological polar surface area (TPSA) is 47.4 Å². The molecule has 0 spiro atoms. The average molecular weight is 385 g/mol. The number of halogens is 2. The second kappa shape index (κ2) is 9.23. The van der Waals surface area contributed by atoms with Crippen molar-refractivity contribution < 1.29 is 18.3 Å². The van der Waals surface area contributed by atoms with Crippen LogP contribution < -0.4 is 0 Å². The predicted octanol–water partition coefficient (Wildman–Crippen LogP) is 3.50. The van der Waals surface area contributed by atoms with Gasteiger partial charge in [0.1, 0.15) is 17.5 Å². The summed E-state index contributed by atoms with van der Waals surface area (Å²) in [5.74, 6) is -0.492. The van der Waals surface area contributed by atoms with E-state index < -0.39 is 5.82 Å². The summed E-state index contributed by atoms with van der Waals surface area (Å²) < 4.78 is 34.4. The van der Waals surface area contributed by atoms with Gasteiger partial charge in [-0.1, -0.05) is 24.3 Å². The highest BCUT2D eigenvalue weighted by atomic mass is 19.1. The first-order valence-corrected chi connectivity index (χ1v) is 8.85. The number of hydrogen-bond acceptors (Lipinski definition) is 3. The molecule has 28 heavy (non-hydrogen) atoms. The van der Waals surface area contributed by atoms with E-state index in [0.29, 0.717) is 31.1 Å². The van der Waals surface area contributed by atoms with E-state index in [2.05, 4.69) is 4.98 Å². The van der Waals surface area contributed by atoms with Gasteiger partial charge in [0.15, 0.2) is 0 Å². The van der Waals surface area contributed by atoms with Gasteiger partial charge in [-0.2, -0.15) is 0 Å². The molecule has 3 rings (SSSR count). The van der Waals surface area contributed by atoms with Gasteiger partial charge in [0, 0.05) is 37.2 Å². The van der Waals surface area contributed by atoms with Gasteiger partial charge in [-0.05, 0) is 24.3 Å². The number of ether oxygens (including phenoxy) is 1. The molecule has 3 aromatic rings. The number of nitrogens with zero attached hydrogens (tertiary/aromatic N) is 3. The van der Waals surface area contributed by atoms with Gasteiger partial charge < -0.3 is 14.2 Å². The molecule has 2 aromatic carbocycles. The minimum atomic E-state index is -0.474. The molecule has 1 aromatic heterocycles. The van der Waals surface area contributed by atoms with Gasteiger partial charge in [0.25, 0.3) is 5.91 Å². The third kappa shape index (κ3) is 4.80. The number of amides is 1. The Morgan fingerprint density at radius 1 is 1.18 bits per heavy atom. The first-order valence-electron chi connectivity index (χ1n) is 8.85. The molecule has 0 fully saturated rings. The second-order valence-corrected chi connectivity index (χ2v) is 6.29. The second-order valence-electron chi connectivity index (χ2n) is 6.29. The van der Waals surface area contributed by atoms with E-state index in [-0.39, 0.29) is 23.8 Å². The first kappa shape index (κ1) is 19.7. The van der Waals surface area contributed by atoms with Crippen molar-refractivity contribution in [1.82, 2.24) is 14.5 Å². The normalized spacial score (nSPS) is 10.8. The summed E-state index contributed by atoms with van der Waals surface area (Å²) in [6.07, 6.45) is 3.35. The van der Waals surface area contributed by atoms with Gasteiger partial charge in [-0.15, -0.1) is 0 Å². The fraction of sp³-hybridized carbons (Fsp3) is 0.238. The first-order chi connectivity index (χ1) is 13.6. The molecule has 1 heterocycles. The Morgan fingerprint density at radius 2 is 2.00 bits per heavy atom. The lowest BCUT2D eigenvalue weighted by Crippen LogP contribution is -2.34. The van der Waals surface area contributed by atoms with Crippen LogP contribution >= 0.6 is 0 Å². The molecular weight excluding hydrogens is 364 g/mol. The molecular formula is C21H21F2N3O2. The number of aromatic nitrogens is 2. The van der Waals surface area contributed by atoms with Crippen LogP contribution in [-0.4, -0.2) is 40.6 Å². The lowest BCUT2D eigenvalue weighted by molar-refractivity contribution is 0.0673. The molecule has 0 saturated carbocycles. The van der Waals surface area contributed by atoms with E-state index in [9.17, 15) is 13.6 Å². The van der Waals surface area contributed by atoms with Gasteiger partial charge >= 0.3 is 0 Å². The summed E-state index contributed by atoms with van der Waals surface area (Å²) in [5.41, 5.74) is 0.782. The van der Waals surface area contributed by atoms with Crippen molar-refractivity contribution in [2.45, 2.75) is 13.1 Å². The average Bonchev–Trinajstić information content (AvgIpc) is 3.13. The highest BCUT2D eigenvalue weighted by Gasteiger charge is 2.19. The summed E-state index contributed by atoms with van der Waals surface area (Å²) >= 11 is 0. The third-order valence-electron chi connectivity index (χ3n) is 4.36. The molecule has 0 radical (unpaired) electrons. The number of rotatable bonds is 8. The van der Waals surface area contributed by atoms with Crippen molar-refractivity contribution in [2.75, 3.05) is 20.3 Å². The minimum Gasteiger partial charge on any atom is -0.383 e. The molecule has 0 saturated heterocycles. The Morgan fingerprint density at radius 3 is 2.75 bits per heavy atom. The van der Waals surface area contributed by atoms with Crippen LogP contribution in [0, 0.1) is 11.6 Å². The van der Waals surface area contributed by atoms with Gasteiger partial charge in [-0.25, -0.2) is 13.8 Å². The van der Waals surface area contributed by atoms with Crippen molar-refractivity contribution in [2.24, 2.45) is 0 Å². The van der Waals surface area contributed by atoms with Crippen molar-refractivity contribution in [3.63, 3.8) is 0 Å². The van der Waals surface area contributed by atoms with Crippen LogP contribution in [0.3, 0.4) is 0 Å². The zero-order valence-electron chi connectivity index (χ0n) is 15.5. The van der Waals surface area contributed by atoms with Crippen LogP contribution in [0.4, 0.5) is 8.78 Å². The monoisotopic (exact) mass is 385 g/mol. The summed E-state index contributed by atoms with van der Waals surface area (Å²) in [6, 6.07) is 12.1. The Bertz CT molecular complexity index is 943. The summed E-state index contributed by atoms with van der Waals surface area (Å²) in [7, 11) is 1.55. The van der Waals surface area contributed by atoms with E-state index in [1.54, 1.807) is 53.2 Å². The van der Waals surface area contributed by atoms with Crippen molar-refractivity contribution >= 4 is 5.91 Å². The molecule has 1 amide bonds. The number of benzene rings is 2.